The van der Waals surface area contributed by atoms with Crippen LogP contribution in [-0.4, -0.2) is 24.9 Å². The van der Waals surface area contributed by atoms with Crippen molar-refractivity contribution in [2.24, 2.45) is 0 Å². The van der Waals surface area contributed by atoms with Gasteiger partial charge in [0.05, 0.1) is 10.9 Å². The quantitative estimate of drug-likeness (QED) is 0.632. The van der Waals surface area contributed by atoms with E-state index in [0.29, 0.717) is 11.8 Å². The molecular formula is C17H19N5OS. The lowest BCUT2D eigenvalue weighted by molar-refractivity contribution is 0.375. The molecule has 1 atom stereocenters. The molecule has 0 saturated heterocycles. The van der Waals surface area contributed by atoms with Gasteiger partial charge in [-0.3, -0.25) is 0 Å². The zero-order chi connectivity index (χ0) is 16.5. The molecule has 3 aromatic rings. The van der Waals surface area contributed by atoms with Crippen LogP contribution < -0.4 is 0 Å². The number of aryl methyl sites for hydroxylation is 1. The Bertz CT molecular complexity index is 825. The highest BCUT2D eigenvalue weighted by Gasteiger charge is 2.31. The maximum Gasteiger partial charge on any atom is 0.239 e. The summed E-state index contributed by atoms with van der Waals surface area (Å²) in [6, 6.07) is 10.2. The van der Waals surface area contributed by atoms with Crippen molar-refractivity contribution in [1.29, 1.82) is 0 Å². The van der Waals surface area contributed by atoms with Gasteiger partial charge in [0.25, 0.3) is 0 Å². The van der Waals surface area contributed by atoms with Gasteiger partial charge in [-0.1, -0.05) is 42.0 Å². The van der Waals surface area contributed by atoms with Gasteiger partial charge in [-0.2, -0.15) is 4.98 Å². The maximum absolute atomic E-state index is 5.33. The van der Waals surface area contributed by atoms with Gasteiger partial charge in [0.2, 0.25) is 11.0 Å². The molecule has 0 bridgehead atoms. The standard InChI is InChI=1S/C17H19N5OS/c1-3-14-18-16(23-21-14)11(2)24-17-19-15(12-9-10-12)22(20-17)13-7-5-4-6-8-13/h4-8,11-12H,3,9-10H2,1-2H3. The normalized spacial score (nSPS) is 15.6. The van der Waals surface area contributed by atoms with Gasteiger partial charge in [0.15, 0.2) is 5.82 Å². The SMILES string of the molecule is CCc1noc(C(C)Sc2nc(C3CC3)n(-c3ccccc3)n2)n1. The number of hydrogen-bond acceptors (Lipinski definition) is 6. The van der Waals surface area contributed by atoms with E-state index in [0.717, 1.165) is 28.9 Å². The summed E-state index contributed by atoms with van der Waals surface area (Å²) < 4.78 is 7.30. The van der Waals surface area contributed by atoms with E-state index in [2.05, 4.69) is 22.3 Å². The summed E-state index contributed by atoms with van der Waals surface area (Å²) in [4.78, 5) is 9.16. The molecule has 124 valence electrons. The van der Waals surface area contributed by atoms with Gasteiger partial charge in [-0.15, -0.1) is 5.10 Å². The number of aromatic nitrogens is 5. The van der Waals surface area contributed by atoms with E-state index in [1.807, 2.05) is 36.7 Å². The van der Waals surface area contributed by atoms with Crippen molar-refractivity contribution < 1.29 is 4.52 Å². The van der Waals surface area contributed by atoms with Crippen LogP contribution in [0.4, 0.5) is 0 Å². The van der Waals surface area contributed by atoms with E-state index in [-0.39, 0.29) is 5.25 Å². The average molecular weight is 341 g/mol. The molecule has 24 heavy (non-hydrogen) atoms. The number of nitrogens with zero attached hydrogens (tertiary/aromatic N) is 5. The van der Waals surface area contributed by atoms with Crippen LogP contribution in [0.2, 0.25) is 0 Å². The largest absolute Gasteiger partial charge is 0.338 e. The van der Waals surface area contributed by atoms with E-state index in [9.17, 15) is 0 Å². The average Bonchev–Trinajstić information content (AvgIpc) is 3.19. The first-order chi connectivity index (χ1) is 11.7. The molecule has 2 aromatic heterocycles. The molecule has 0 amide bonds. The molecular weight excluding hydrogens is 322 g/mol. The fourth-order valence-corrected chi connectivity index (χ4v) is 3.29. The highest BCUT2D eigenvalue weighted by molar-refractivity contribution is 7.99. The van der Waals surface area contributed by atoms with Crippen molar-refractivity contribution in [3.05, 3.63) is 47.9 Å². The second kappa shape index (κ2) is 6.39. The van der Waals surface area contributed by atoms with Crippen molar-refractivity contribution in [2.75, 3.05) is 0 Å². The molecule has 1 fully saturated rings. The summed E-state index contributed by atoms with van der Waals surface area (Å²) in [5, 5.41) is 9.45. The molecule has 6 nitrogen and oxygen atoms in total. The van der Waals surface area contributed by atoms with Crippen LogP contribution in [0.15, 0.2) is 40.0 Å². The molecule has 1 saturated carbocycles. The third-order valence-electron chi connectivity index (χ3n) is 3.99. The van der Waals surface area contributed by atoms with Crippen LogP contribution in [0.3, 0.4) is 0 Å². The zero-order valence-corrected chi connectivity index (χ0v) is 14.5. The lowest BCUT2D eigenvalue weighted by Crippen LogP contribution is -2.01. The van der Waals surface area contributed by atoms with Crippen LogP contribution in [0.1, 0.15) is 55.4 Å². The minimum Gasteiger partial charge on any atom is -0.338 e. The Labute approximate surface area is 144 Å². The number of rotatable bonds is 6. The minimum atomic E-state index is 0.0245. The number of hydrogen-bond donors (Lipinski definition) is 0. The molecule has 0 N–H and O–H groups in total. The molecule has 1 aliphatic carbocycles. The molecule has 1 aliphatic rings. The predicted octanol–water partition coefficient (Wildman–Crippen LogP) is 3.94. The van der Waals surface area contributed by atoms with Crippen LogP contribution in [0.5, 0.6) is 0 Å². The first kappa shape index (κ1) is 15.4. The monoisotopic (exact) mass is 341 g/mol. The zero-order valence-electron chi connectivity index (χ0n) is 13.7. The van der Waals surface area contributed by atoms with Crippen LogP contribution >= 0.6 is 11.8 Å². The summed E-state index contributed by atoms with van der Waals surface area (Å²) in [5.41, 5.74) is 1.05. The molecule has 1 aromatic carbocycles. The van der Waals surface area contributed by atoms with Crippen molar-refractivity contribution in [1.82, 2.24) is 24.9 Å². The van der Waals surface area contributed by atoms with E-state index < -0.39 is 0 Å². The Morgan fingerprint density at radius 1 is 1.25 bits per heavy atom. The van der Waals surface area contributed by atoms with Gasteiger partial charge in [0, 0.05) is 12.3 Å². The summed E-state index contributed by atoms with van der Waals surface area (Å²) >= 11 is 1.56. The lowest BCUT2D eigenvalue weighted by Gasteiger charge is -2.03. The maximum atomic E-state index is 5.33. The van der Waals surface area contributed by atoms with Gasteiger partial charge >= 0.3 is 0 Å². The molecule has 0 aliphatic heterocycles. The molecule has 7 heteroatoms. The van der Waals surface area contributed by atoms with Crippen molar-refractivity contribution in [3.63, 3.8) is 0 Å². The smallest absolute Gasteiger partial charge is 0.239 e. The lowest BCUT2D eigenvalue weighted by atomic mass is 10.3. The highest BCUT2D eigenvalue weighted by Crippen LogP contribution is 2.41. The summed E-state index contributed by atoms with van der Waals surface area (Å²) in [7, 11) is 0. The Hall–Kier alpha value is -2.15. The fraction of sp³-hybridized carbons (Fsp3) is 0.412. The summed E-state index contributed by atoms with van der Waals surface area (Å²) in [6.07, 6.45) is 3.15. The second-order valence-electron chi connectivity index (χ2n) is 5.94. The van der Waals surface area contributed by atoms with Crippen molar-refractivity contribution >= 4 is 11.8 Å². The van der Waals surface area contributed by atoms with E-state index >= 15 is 0 Å². The van der Waals surface area contributed by atoms with Crippen molar-refractivity contribution in [2.45, 2.75) is 49.4 Å². The minimum absolute atomic E-state index is 0.0245. The van der Waals surface area contributed by atoms with Crippen molar-refractivity contribution in [3.8, 4) is 5.69 Å². The van der Waals surface area contributed by atoms with Gasteiger partial charge in [-0.25, -0.2) is 9.67 Å². The molecule has 0 spiro atoms. The Morgan fingerprint density at radius 3 is 2.71 bits per heavy atom. The first-order valence-electron chi connectivity index (χ1n) is 8.26. The topological polar surface area (TPSA) is 69.6 Å². The molecule has 0 radical (unpaired) electrons. The van der Waals surface area contributed by atoms with Gasteiger partial charge < -0.3 is 4.52 Å². The van der Waals surface area contributed by atoms with E-state index in [1.165, 1.54) is 12.8 Å². The number of para-hydroxylation sites is 1. The Morgan fingerprint density at radius 2 is 2.04 bits per heavy atom. The number of thioether (sulfide) groups is 1. The van der Waals surface area contributed by atoms with Gasteiger partial charge in [-0.05, 0) is 31.9 Å². The van der Waals surface area contributed by atoms with Crippen LogP contribution in [-0.2, 0) is 6.42 Å². The van der Waals surface area contributed by atoms with Crippen LogP contribution in [0.25, 0.3) is 5.69 Å². The molecule has 1 unspecified atom stereocenters. The molecule has 2 heterocycles. The van der Waals surface area contributed by atoms with E-state index in [4.69, 9.17) is 14.6 Å². The Balaban J connectivity index is 1.59. The highest BCUT2D eigenvalue weighted by atomic mass is 32.2. The third kappa shape index (κ3) is 3.08. The van der Waals surface area contributed by atoms with Crippen LogP contribution in [0, 0.1) is 0 Å². The molecule has 4 rings (SSSR count). The Kier molecular flexibility index (Phi) is 4.10. The predicted molar refractivity (Wildman–Crippen MR) is 91.3 cm³/mol. The van der Waals surface area contributed by atoms with E-state index in [1.54, 1.807) is 11.8 Å². The summed E-state index contributed by atoms with van der Waals surface area (Å²) in [5.74, 6) is 2.94. The van der Waals surface area contributed by atoms with Gasteiger partial charge in [0.1, 0.15) is 5.82 Å². The second-order valence-corrected chi connectivity index (χ2v) is 7.24. The fourth-order valence-electron chi connectivity index (χ4n) is 2.50. The summed E-state index contributed by atoms with van der Waals surface area (Å²) in [6.45, 7) is 4.05. The number of benzene rings is 1. The first-order valence-corrected chi connectivity index (χ1v) is 9.14. The third-order valence-corrected chi connectivity index (χ3v) is 4.92.